The van der Waals surface area contributed by atoms with Gasteiger partial charge in [0, 0.05) is 15.3 Å². The van der Waals surface area contributed by atoms with Crippen molar-refractivity contribution in [2.24, 2.45) is 0 Å². The van der Waals surface area contributed by atoms with Crippen LogP contribution in [-0.4, -0.2) is 30.2 Å². The number of aliphatic hydroxyl groups excluding tert-OH is 2. The van der Waals surface area contributed by atoms with Gasteiger partial charge in [0.05, 0.1) is 25.1 Å². The Labute approximate surface area is 200 Å². The number of H-pyrrole nitrogens is 1. The fourth-order valence-corrected chi connectivity index (χ4v) is 2.99. The molecule has 0 fully saturated rings. The number of halogens is 5. The number of benzene rings is 2. The Morgan fingerprint density at radius 3 is 2.03 bits per heavy atom. The first-order valence-electron chi connectivity index (χ1n) is 8.64. The van der Waals surface area contributed by atoms with Gasteiger partial charge in [-0.1, -0.05) is 23.2 Å². The van der Waals surface area contributed by atoms with Crippen LogP contribution in [0.2, 0.25) is 10.3 Å². The van der Waals surface area contributed by atoms with Crippen LogP contribution >= 0.6 is 45.8 Å². The molecule has 4 aromatic rings. The summed E-state index contributed by atoms with van der Waals surface area (Å²) in [4.78, 5) is 0. The molecule has 0 aliphatic carbocycles. The molecule has 11 heteroatoms. The van der Waals surface area contributed by atoms with E-state index in [2.05, 4.69) is 37.9 Å². The van der Waals surface area contributed by atoms with Crippen LogP contribution in [0, 0.1) is 15.2 Å². The highest BCUT2D eigenvalue weighted by atomic mass is 127. The van der Waals surface area contributed by atoms with Crippen LogP contribution in [0.4, 0.5) is 8.78 Å². The van der Waals surface area contributed by atoms with Crippen LogP contribution in [-0.2, 0) is 13.2 Å². The van der Waals surface area contributed by atoms with E-state index >= 15 is 0 Å². The Morgan fingerprint density at radius 1 is 0.935 bits per heavy atom. The molecule has 0 unspecified atom stereocenters. The molecule has 0 aliphatic heterocycles. The third-order valence-electron chi connectivity index (χ3n) is 3.66. The molecule has 0 radical (unpaired) electrons. The summed E-state index contributed by atoms with van der Waals surface area (Å²) in [7, 11) is 0. The third-order valence-corrected chi connectivity index (χ3v) is 5.12. The minimum absolute atomic E-state index is 0.101. The van der Waals surface area contributed by atoms with Crippen LogP contribution in [0.25, 0.3) is 5.69 Å². The van der Waals surface area contributed by atoms with E-state index in [0.717, 1.165) is 3.57 Å². The minimum Gasteiger partial charge on any atom is -0.392 e. The minimum atomic E-state index is -0.388. The Morgan fingerprint density at radius 2 is 1.58 bits per heavy atom. The maximum Gasteiger partial charge on any atom is 0.151 e. The van der Waals surface area contributed by atoms with E-state index in [9.17, 15) is 8.78 Å². The van der Waals surface area contributed by atoms with Crippen molar-refractivity contribution in [1.29, 1.82) is 0 Å². The van der Waals surface area contributed by atoms with Crippen molar-refractivity contribution in [3.8, 4) is 5.69 Å². The Hall–Kier alpha value is -2.05. The molecule has 6 nitrogen and oxygen atoms in total. The van der Waals surface area contributed by atoms with Gasteiger partial charge in [-0.3, -0.25) is 5.10 Å². The Balaban J connectivity index is 0.000000183. The molecule has 2 aromatic heterocycles. The standard InChI is InChI=1S/C10H8ClFN2O.C7H6FIO.C3H3ClN2/c11-10-3-4-14(13-10)9-2-1-8(12)5-7(9)6-15;8-6-1-2-7(9)5(3-6)4-10;4-3-1-2-5-6-3/h1-5,15H,6H2;1-3,10H,4H2;1-2H,(H,5,6). The summed E-state index contributed by atoms with van der Waals surface area (Å²) in [5, 5.41) is 28.7. The topological polar surface area (TPSA) is 87.0 Å². The van der Waals surface area contributed by atoms with Crippen LogP contribution in [0.1, 0.15) is 11.1 Å². The van der Waals surface area contributed by atoms with E-state index in [1.807, 2.05) is 0 Å². The molecule has 4 rings (SSSR count). The van der Waals surface area contributed by atoms with E-state index in [0.29, 0.717) is 27.1 Å². The van der Waals surface area contributed by atoms with Crippen molar-refractivity contribution in [2.75, 3.05) is 0 Å². The molecule has 0 saturated heterocycles. The van der Waals surface area contributed by atoms with Gasteiger partial charge in [0.15, 0.2) is 5.15 Å². The summed E-state index contributed by atoms with van der Waals surface area (Å²) in [5.41, 5.74) is 1.72. The first-order valence-corrected chi connectivity index (χ1v) is 10.5. The predicted octanol–water partition coefficient (Wildman–Crippen LogP) is 5.14. The molecule has 0 saturated carbocycles. The maximum atomic E-state index is 12.9. The average molecular weight is 581 g/mol. The number of rotatable bonds is 3. The van der Waals surface area contributed by atoms with Crippen LogP contribution < -0.4 is 0 Å². The number of hydrogen-bond acceptors (Lipinski definition) is 4. The fourth-order valence-electron chi connectivity index (χ4n) is 2.24. The van der Waals surface area contributed by atoms with Crippen LogP contribution in [0.5, 0.6) is 0 Å². The van der Waals surface area contributed by atoms with Gasteiger partial charge in [0.2, 0.25) is 0 Å². The number of aliphatic hydroxyl groups is 2. The summed E-state index contributed by atoms with van der Waals surface area (Å²) >= 11 is 13.1. The van der Waals surface area contributed by atoms with Gasteiger partial charge in [-0.25, -0.2) is 13.5 Å². The number of nitrogens with one attached hydrogen (secondary N) is 1. The zero-order valence-electron chi connectivity index (χ0n) is 15.8. The normalized spacial score (nSPS) is 10.0. The van der Waals surface area contributed by atoms with Gasteiger partial charge >= 0.3 is 0 Å². The van der Waals surface area contributed by atoms with Crippen LogP contribution in [0.3, 0.4) is 0 Å². The lowest BCUT2D eigenvalue weighted by atomic mass is 10.2. The summed E-state index contributed by atoms with van der Waals surface area (Å²) in [6, 6.07) is 11.8. The van der Waals surface area contributed by atoms with E-state index < -0.39 is 0 Å². The number of hydrogen-bond donors (Lipinski definition) is 3. The van der Waals surface area contributed by atoms with Gasteiger partial charge in [-0.05, 0) is 76.7 Å². The van der Waals surface area contributed by atoms with Gasteiger partial charge in [-0.15, -0.1) is 0 Å². The quantitative estimate of drug-likeness (QED) is 0.293. The molecule has 0 aliphatic rings. The Bertz CT molecular complexity index is 1090. The first-order chi connectivity index (χ1) is 14.8. The molecule has 0 bridgehead atoms. The molecule has 0 atom stereocenters. The van der Waals surface area contributed by atoms with Gasteiger partial charge in [-0.2, -0.15) is 10.2 Å². The summed E-state index contributed by atoms with van der Waals surface area (Å²) in [5.74, 6) is -0.689. The molecule has 3 N–H and O–H groups in total. The lowest BCUT2D eigenvalue weighted by Gasteiger charge is -2.06. The second kappa shape index (κ2) is 12.7. The predicted molar refractivity (Wildman–Crippen MR) is 123 cm³/mol. The molecule has 2 aromatic carbocycles. The van der Waals surface area contributed by atoms with Crippen molar-refractivity contribution >= 4 is 45.8 Å². The van der Waals surface area contributed by atoms with Crippen molar-refractivity contribution in [3.63, 3.8) is 0 Å². The summed E-state index contributed by atoms with van der Waals surface area (Å²) in [6.07, 6.45) is 3.25. The second-order valence-electron chi connectivity index (χ2n) is 5.81. The van der Waals surface area contributed by atoms with Gasteiger partial charge < -0.3 is 10.2 Å². The summed E-state index contributed by atoms with van der Waals surface area (Å²) in [6.45, 7) is -0.347. The van der Waals surface area contributed by atoms with Crippen molar-refractivity contribution in [2.45, 2.75) is 13.2 Å². The van der Waals surface area contributed by atoms with E-state index in [1.165, 1.54) is 28.9 Å². The largest absolute Gasteiger partial charge is 0.392 e. The second-order valence-corrected chi connectivity index (χ2v) is 7.77. The molecule has 0 amide bonds. The lowest BCUT2D eigenvalue weighted by molar-refractivity contribution is 0.280. The first kappa shape index (κ1) is 25.2. The van der Waals surface area contributed by atoms with Gasteiger partial charge in [0.25, 0.3) is 0 Å². The SMILES string of the molecule is Clc1ccn[nH]1.OCc1cc(F)ccc1-n1ccc(Cl)n1.OCc1cc(F)ccc1I. The van der Waals surface area contributed by atoms with E-state index in [1.54, 1.807) is 36.7 Å². The molecular weight excluding hydrogens is 564 g/mol. The summed E-state index contributed by atoms with van der Waals surface area (Å²) < 4.78 is 27.7. The van der Waals surface area contributed by atoms with Crippen molar-refractivity contribution < 1.29 is 19.0 Å². The highest BCUT2D eigenvalue weighted by molar-refractivity contribution is 14.1. The highest BCUT2D eigenvalue weighted by Gasteiger charge is 2.06. The molecular formula is C20H17Cl2F2IN4O2. The molecule has 164 valence electrons. The fraction of sp³-hybridized carbons (Fsp3) is 0.100. The number of aromatic amines is 1. The van der Waals surface area contributed by atoms with Crippen molar-refractivity contribution in [1.82, 2.24) is 20.0 Å². The molecule has 2 heterocycles. The van der Waals surface area contributed by atoms with E-state index in [4.69, 9.17) is 33.4 Å². The van der Waals surface area contributed by atoms with Crippen molar-refractivity contribution in [3.05, 3.63) is 97.6 Å². The van der Waals surface area contributed by atoms with Crippen LogP contribution in [0.15, 0.2) is 60.9 Å². The van der Waals surface area contributed by atoms with E-state index in [-0.39, 0.29) is 24.8 Å². The van der Waals surface area contributed by atoms with Gasteiger partial charge in [0.1, 0.15) is 16.8 Å². The zero-order valence-corrected chi connectivity index (χ0v) is 19.5. The average Bonchev–Trinajstić information content (AvgIpc) is 3.41. The molecule has 0 spiro atoms. The monoisotopic (exact) mass is 580 g/mol. The highest BCUT2D eigenvalue weighted by Crippen LogP contribution is 2.17. The number of aromatic nitrogens is 4. The third kappa shape index (κ3) is 8.19. The Kier molecular flexibility index (Phi) is 10.3. The number of nitrogens with zero attached hydrogens (tertiary/aromatic N) is 3. The maximum absolute atomic E-state index is 12.9. The zero-order chi connectivity index (χ0) is 22.8. The molecule has 31 heavy (non-hydrogen) atoms. The lowest BCUT2D eigenvalue weighted by Crippen LogP contribution is -2.00. The smallest absolute Gasteiger partial charge is 0.151 e.